The highest BCUT2D eigenvalue weighted by atomic mass is 32.1. The predicted octanol–water partition coefficient (Wildman–Crippen LogP) is 1.19. The normalized spacial score (nSPS) is 16.6. The number of nitrogens with two attached hydrogens (primary N) is 1. The highest BCUT2D eigenvalue weighted by Crippen LogP contribution is 2.33. The van der Waals surface area contributed by atoms with Crippen molar-refractivity contribution in [3.63, 3.8) is 0 Å². The van der Waals surface area contributed by atoms with Crippen molar-refractivity contribution in [3.8, 4) is 6.07 Å². The van der Waals surface area contributed by atoms with Crippen molar-refractivity contribution in [2.24, 2.45) is 0 Å². The first-order valence-corrected chi connectivity index (χ1v) is 5.02. The lowest BCUT2D eigenvalue weighted by Gasteiger charge is -2.21. The zero-order chi connectivity index (χ0) is 9.42. The van der Waals surface area contributed by atoms with Gasteiger partial charge in [-0.2, -0.15) is 5.26 Å². The Labute approximate surface area is 81.4 Å². The van der Waals surface area contributed by atoms with Crippen LogP contribution in [0.1, 0.15) is 16.0 Å². The monoisotopic (exact) mass is 193 g/mol. The molecule has 0 radical (unpaired) electrons. The van der Waals surface area contributed by atoms with E-state index in [2.05, 4.69) is 18.0 Å². The van der Waals surface area contributed by atoms with Crippen molar-refractivity contribution in [3.05, 3.63) is 16.0 Å². The Bertz CT molecular complexity index is 375. The van der Waals surface area contributed by atoms with Crippen LogP contribution in [0.5, 0.6) is 0 Å². The second kappa shape index (κ2) is 3.02. The van der Waals surface area contributed by atoms with E-state index in [0.29, 0.717) is 10.6 Å². The minimum absolute atomic E-state index is 0.683. The van der Waals surface area contributed by atoms with Gasteiger partial charge in [0.25, 0.3) is 0 Å². The maximum Gasteiger partial charge on any atom is 0.104 e. The van der Waals surface area contributed by atoms with Gasteiger partial charge >= 0.3 is 0 Å². The molecule has 1 aliphatic rings. The summed E-state index contributed by atoms with van der Waals surface area (Å²) in [4.78, 5) is 3.52. The standard InChI is InChI=1S/C9H11N3S/c1-12-3-2-6-7(4-10)9(11)13-8(6)5-12/h2-3,5,11H2,1H3. The number of hydrogen-bond donors (Lipinski definition) is 1. The molecular weight excluding hydrogens is 182 g/mol. The van der Waals surface area contributed by atoms with Gasteiger partial charge in [0, 0.05) is 18.0 Å². The number of anilines is 1. The number of hydrogen-bond acceptors (Lipinski definition) is 4. The van der Waals surface area contributed by atoms with Crippen LogP contribution in [0.25, 0.3) is 0 Å². The molecule has 1 aromatic heterocycles. The molecule has 0 fully saturated rings. The van der Waals surface area contributed by atoms with Crippen LogP contribution in [0.4, 0.5) is 5.00 Å². The van der Waals surface area contributed by atoms with Gasteiger partial charge in [-0.25, -0.2) is 0 Å². The fourth-order valence-electron chi connectivity index (χ4n) is 1.68. The summed E-state index contributed by atoms with van der Waals surface area (Å²) < 4.78 is 0. The third-order valence-corrected chi connectivity index (χ3v) is 3.43. The fourth-order valence-corrected chi connectivity index (χ4v) is 2.82. The smallest absolute Gasteiger partial charge is 0.104 e. The van der Waals surface area contributed by atoms with E-state index in [9.17, 15) is 0 Å². The quantitative estimate of drug-likeness (QED) is 0.673. The summed E-state index contributed by atoms with van der Waals surface area (Å²) in [6, 6.07) is 2.19. The summed E-state index contributed by atoms with van der Waals surface area (Å²) in [5.74, 6) is 0. The Balaban J connectivity index is 2.48. The maximum absolute atomic E-state index is 8.89. The van der Waals surface area contributed by atoms with Gasteiger partial charge in [-0.1, -0.05) is 0 Å². The fraction of sp³-hybridized carbons (Fsp3) is 0.444. The highest BCUT2D eigenvalue weighted by Gasteiger charge is 2.21. The molecule has 3 nitrogen and oxygen atoms in total. The average Bonchev–Trinajstić information content (AvgIpc) is 2.39. The largest absolute Gasteiger partial charge is 0.389 e. The van der Waals surface area contributed by atoms with Gasteiger partial charge in [-0.05, 0) is 19.0 Å². The van der Waals surface area contributed by atoms with E-state index in [0.717, 1.165) is 19.5 Å². The van der Waals surface area contributed by atoms with E-state index in [1.54, 1.807) is 11.3 Å². The summed E-state index contributed by atoms with van der Waals surface area (Å²) in [6.07, 6.45) is 0.961. The lowest BCUT2D eigenvalue weighted by atomic mass is 10.0. The van der Waals surface area contributed by atoms with Gasteiger partial charge in [-0.15, -0.1) is 11.3 Å². The van der Waals surface area contributed by atoms with Gasteiger partial charge in [-0.3, -0.25) is 0 Å². The molecule has 0 saturated carbocycles. The van der Waals surface area contributed by atoms with E-state index < -0.39 is 0 Å². The third kappa shape index (κ3) is 1.30. The minimum atomic E-state index is 0.683. The maximum atomic E-state index is 8.89. The lowest BCUT2D eigenvalue weighted by Crippen LogP contribution is -2.25. The van der Waals surface area contributed by atoms with E-state index >= 15 is 0 Å². The Morgan fingerprint density at radius 3 is 3.08 bits per heavy atom. The number of nitriles is 1. The second-order valence-corrected chi connectivity index (χ2v) is 4.48. The molecule has 0 saturated heterocycles. The molecule has 2 heterocycles. The van der Waals surface area contributed by atoms with Crippen LogP contribution in [-0.2, 0) is 13.0 Å². The molecule has 0 atom stereocenters. The van der Waals surface area contributed by atoms with Crippen molar-refractivity contribution in [2.45, 2.75) is 13.0 Å². The molecule has 13 heavy (non-hydrogen) atoms. The molecule has 0 aromatic carbocycles. The third-order valence-electron chi connectivity index (χ3n) is 2.39. The van der Waals surface area contributed by atoms with E-state index in [1.807, 2.05) is 0 Å². The first kappa shape index (κ1) is 8.54. The van der Waals surface area contributed by atoms with Crippen molar-refractivity contribution in [1.82, 2.24) is 4.90 Å². The number of rotatable bonds is 0. The number of fused-ring (bicyclic) bond motifs is 1. The van der Waals surface area contributed by atoms with Crippen LogP contribution in [0.3, 0.4) is 0 Å². The van der Waals surface area contributed by atoms with E-state index in [4.69, 9.17) is 11.0 Å². The summed E-state index contributed by atoms with van der Waals surface area (Å²) in [7, 11) is 2.09. The molecule has 68 valence electrons. The molecule has 4 heteroatoms. The molecule has 0 aliphatic carbocycles. The topological polar surface area (TPSA) is 53.0 Å². The zero-order valence-corrected chi connectivity index (χ0v) is 8.32. The van der Waals surface area contributed by atoms with Crippen molar-refractivity contribution in [2.75, 3.05) is 19.3 Å². The molecule has 0 bridgehead atoms. The molecule has 1 aliphatic heterocycles. The van der Waals surface area contributed by atoms with Crippen LogP contribution in [-0.4, -0.2) is 18.5 Å². The van der Waals surface area contributed by atoms with Crippen LogP contribution in [0.15, 0.2) is 0 Å². The van der Waals surface area contributed by atoms with Gasteiger partial charge in [0.05, 0.1) is 5.56 Å². The molecule has 0 unspecified atom stereocenters. The minimum Gasteiger partial charge on any atom is -0.389 e. The Morgan fingerprint density at radius 1 is 1.62 bits per heavy atom. The highest BCUT2D eigenvalue weighted by molar-refractivity contribution is 7.16. The van der Waals surface area contributed by atoms with Crippen molar-refractivity contribution in [1.29, 1.82) is 5.26 Å². The van der Waals surface area contributed by atoms with Gasteiger partial charge < -0.3 is 10.6 Å². The number of likely N-dealkylation sites (N-methyl/N-ethyl adjacent to an activating group) is 1. The van der Waals surface area contributed by atoms with E-state index in [1.165, 1.54) is 10.4 Å². The van der Waals surface area contributed by atoms with Gasteiger partial charge in [0.1, 0.15) is 11.1 Å². The summed E-state index contributed by atoms with van der Waals surface area (Å²) in [5.41, 5.74) is 7.65. The second-order valence-electron chi connectivity index (χ2n) is 3.34. The SMILES string of the molecule is CN1CCc2c(sc(N)c2C#N)C1. The number of nitrogens with zero attached hydrogens (tertiary/aromatic N) is 2. The number of thiophene rings is 1. The Morgan fingerprint density at radius 2 is 2.38 bits per heavy atom. The molecule has 2 N–H and O–H groups in total. The van der Waals surface area contributed by atoms with E-state index in [-0.39, 0.29) is 0 Å². The first-order valence-electron chi connectivity index (χ1n) is 4.21. The molecular formula is C9H11N3S. The first-order chi connectivity index (χ1) is 6.22. The number of nitrogen functional groups attached to an aromatic ring is 1. The molecule has 0 amide bonds. The molecule has 2 rings (SSSR count). The summed E-state index contributed by atoms with van der Waals surface area (Å²) in [5, 5.41) is 9.58. The molecule has 1 aromatic rings. The summed E-state index contributed by atoms with van der Waals surface area (Å²) >= 11 is 1.56. The van der Waals surface area contributed by atoms with Gasteiger partial charge in [0.2, 0.25) is 0 Å². The predicted molar refractivity (Wildman–Crippen MR) is 53.5 cm³/mol. The lowest BCUT2D eigenvalue weighted by molar-refractivity contribution is 0.317. The van der Waals surface area contributed by atoms with Gasteiger partial charge in [0.15, 0.2) is 0 Å². The van der Waals surface area contributed by atoms with Crippen LogP contribution in [0, 0.1) is 11.3 Å². The average molecular weight is 193 g/mol. The summed E-state index contributed by atoms with van der Waals surface area (Å²) in [6.45, 7) is 1.96. The molecule has 0 spiro atoms. The zero-order valence-electron chi connectivity index (χ0n) is 7.50. The Kier molecular flexibility index (Phi) is 1.98. The van der Waals surface area contributed by atoms with Crippen LogP contribution in [0.2, 0.25) is 0 Å². The van der Waals surface area contributed by atoms with Crippen LogP contribution < -0.4 is 5.73 Å². The Hall–Kier alpha value is -1.05. The van der Waals surface area contributed by atoms with Crippen LogP contribution >= 0.6 is 11.3 Å². The van der Waals surface area contributed by atoms with Crippen molar-refractivity contribution >= 4 is 16.3 Å². The van der Waals surface area contributed by atoms with Crippen molar-refractivity contribution < 1.29 is 0 Å².